The van der Waals surface area contributed by atoms with Crippen LogP contribution in [0.4, 0.5) is 14.6 Å². The highest BCUT2D eigenvalue weighted by atomic mass is 19.1. The molecule has 1 fully saturated rings. The van der Waals surface area contributed by atoms with E-state index in [0.717, 1.165) is 18.2 Å². The molecular formula is C17H17F2N7. The second-order valence-corrected chi connectivity index (χ2v) is 6.03. The zero-order chi connectivity index (χ0) is 17.9. The Bertz CT molecular complexity index is 856. The van der Waals surface area contributed by atoms with Gasteiger partial charge in [-0.1, -0.05) is 0 Å². The highest BCUT2D eigenvalue weighted by Gasteiger charge is 2.21. The van der Waals surface area contributed by atoms with Crippen molar-refractivity contribution in [3.05, 3.63) is 60.4 Å². The van der Waals surface area contributed by atoms with Crippen LogP contribution in [0.3, 0.4) is 0 Å². The van der Waals surface area contributed by atoms with Gasteiger partial charge in [-0.15, -0.1) is 0 Å². The zero-order valence-corrected chi connectivity index (χ0v) is 14.0. The summed E-state index contributed by atoms with van der Waals surface area (Å²) in [7, 11) is 0. The Morgan fingerprint density at radius 3 is 2.38 bits per heavy atom. The van der Waals surface area contributed by atoms with Crippen molar-refractivity contribution in [3.63, 3.8) is 0 Å². The summed E-state index contributed by atoms with van der Waals surface area (Å²) in [6, 6.07) is 3.71. The van der Waals surface area contributed by atoms with Crippen LogP contribution < -0.4 is 4.90 Å². The summed E-state index contributed by atoms with van der Waals surface area (Å²) in [5, 5.41) is 4.17. The third kappa shape index (κ3) is 3.38. The van der Waals surface area contributed by atoms with Gasteiger partial charge in [0, 0.05) is 56.7 Å². The fourth-order valence-electron chi connectivity index (χ4n) is 2.99. The first-order valence-corrected chi connectivity index (χ1v) is 8.28. The van der Waals surface area contributed by atoms with Crippen LogP contribution in [0.25, 0.3) is 5.82 Å². The average Bonchev–Trinajstić information content (AvgIpc) is 3.20. The number of pyridine rings is 1. The SMILES string of the molecule is Fc1cncc(F)c1CN1CCN(c2cc(-n3cccn3)ncn2)CC1. The Balaban J connectivity index is 1.42. The molecular weight excluding hydrogens is 340 g/mol. The van der Waals surface area contributed by atoms with E-state index < -0.39 is 11.6 Å². The van der Waals surface area contributed by atoms with Crippen molar-refractivity contribution in [3.8, 4) is 5.82 Å². The van der Waals surface area contributed by atoms with Gasteiger partial charge < -0.3 is 4.90 Å². The third-order valence-corrected chi connectivity index (χ3v) is 4.41. The van der Waals surface area contributed by atoms with Crippen LogP contribution >= 0.6 is 0 Å². The van der Waals surface area contributed by atoms with Gasteiger partial charge in [-0.2, -0.15) is 5.10 Å². The van der Waals surface area contributed by atoms with Crippen LogP contribution in [0, 0.1) is 11.6 Å². The van der Waals surface area contributed by atoms with Crippen molar-refractivity contribution >= 4 is 5.82 Å². The predicted molar refractivity (Wildman–Crippen MR) is 90.8 cm³/mol. The van der Waals surface area contributed by atoms with Crippen molar-refractivity contribution in [2.45, 2.75) is 6.54 Å². The molecule has 1 saturated heterocycles. The standard InChI is InChI=1S/C17H17F2N7/c18-14-9-20-10-15(19)13(14)11-24-4-6-25(7-5-24)16-8-17(22-12-21-16)26-3-1-2-23-26/h1-3,8-10,12H,4-7,11H2. The maximum absolute atomic E-state index is 13.8. The van der Waals surface area contributed by atoms with Crippen LogP contribution in [0.15, 0.2) is 43.2 Å². The number of hydrogen-bond acceptors (Lipinski definition) is 6. The lowest BCUT2D eigenvalue weighted by Crippen LogP contribution is -2.46. The Labute approximate surface area is 148 Å². The van der Waals surface area contributed by atoms with E-state index in [9.17, 15) is 8.78 Å². The van der Waals surface area contributed by atoms with Gasteiger partial charge in [0.15, 0.2) is 5.82 Å². The predicted octanol–water partition coefficient (Wildman–Crippen LogP) is 1.66. The summed E-state index contributed by atoms with van der Waals surface area (Å²) in [5.41, 5.74) is 0.0662. The van der Waals surface area contributed by atoms with E-state index in [-0.39, 0.29) is 12.1 Å². The first-order valence-electron chi connectivity index (χ1n) is 8.28. The van der Waals surface area contributed by atoms with Gasteiger partial charge in [0.05, 0.1) is 12.4 Å². The monoisotopic (exact) mass is 357 g/mol. The maximum Gasteiger partial charge on any atom is 0.158 e. The van der Waals surface area contributed by atoms with Crippen molar-refractivity contribution in [2.75, 3.05) is 31.1 Å². The molecule has 0 amide bonds. The molecule has 4 heterocycles. The molecule has 3 aromatic heterocycles. The van der Waals surface area contributed by atoms with E-state index in [2.05, 4.69) is 25.0 Å². The van der Waals surface area contributed by atoms with Crippen molar-refractivity contribution in [2.24, 2.45) is 0 Å². The molecule has 1 aliphatic heterocycles. The van der Waals surface area contributed by atoms with Crippen molar-refractivity contribution in [1.29, 1.82) is 0 Å². The van der Waals surface area contributed by atoms with E-state index in [4.69, 9.17) is 0 Å². The molecule has 134 valence electrons. The summed E-state index contributed by atoms with van der Waals surface area (Å²) in [6.07, 6.45) is 7.12. The number of halogens is 2. The van der Waals surface area contributed by atoms with E-state index in [0.29, 0.717) is 32.0 Å². The second kappa shape index (κ2) is 7.12. The topological polar surface area (TPSA) is 63.0 Å². The minimum atomic E-state index is -0.605. The normalized spacial score (nSPS) is 15.4. The minimum absolute atomic E-state index is 0.0662. The van der Waals surface area contributed by atoms with Crippen LogP contribution in [0.2, 0.25) is 0 Å². The molecule has 0 N–H and O–H groups in total. The molecule has 0 saturated carbocycles. The number of hydrogen-bond donors (Lipinski definition) is 0. The fourth-order valence-corrected chi connectivity index (χ4v) is 2.99. The molecule has 0 radical (unpaired) electrons. The highest BCUT2D eigenvalue weighted by Crippen LogP contribution is 2.18. The van der Waals surface area contributed by atoms with Crippen LogP contribution in [0.5, 0.6) is 0 Å². The number of rotatable bonds is 4. The second-order valence-electron chi connectivity index (χ2n) is 6.03. The lowest BCUT2D eigenvalue weighted by atomic mass is 10.2. The summed E-state index contributed by atoms with van der Waals surface area (Å²) in [5.74, 6) is 0.300. The van der Waals surface area contributed by atoms with E-state index >= 15 is 0 Å². The molecule has 9 heteroatoms. The van der Waals surface area contributed by atoms with Crippen LogP contribution in [-0.4, -0.2) is 55.8 Å². The minimum Gasteiger partial charge on any atom is -0.354 e. The molecule has 0 spiro atoms. The lowest BCUT2D eigenvalue weighted by Gasteiger charge is -2.35. The molecule has 7 nitrogen and oxygen atoms in total. The molecule has 3 aromatic rings. The Kier molecular flexibility index (Phi) is 4.53. The molecule has 26 heavy (non-hydrogen) atoms. The quantitative estimate of drug-likeness (QED) is 0.708. The van der Waals surface area contributed by atoms with Crippen molar-refractivity contribution in [1.82, 2.24) is 29.6 Å². The first-order chi connectivity index (χ1) is 12.7. The largest absolute Gasteiger partial charge is 0.354 e. The van der Waals surface area contributed by atoms with Crippen LogP contribution in [0.1, 0.15) is 5.56 Å². The third-order valence-electron chi connectivity index (χ3n) is 4.41. The number of piperazine rings is 1. The smallest absolute Gasteiger partial charge is 0.158 e. The van der Waals surface area contributed by atoms with Crippen LogP contribution in [-0.2, 0) is 6.54 Å². The van der Waals surface area contributed by atoms with Gasteiger partial charge >= 0.3 is 0 Å². The first kappa shape index (κ1) is 16.5. The number of aromatic nitrogens is 5. The van der Waals surface area contributed by atoms with E-state index in [1.54, 1.807) is 10.9 Å². The molecule has 4 rings (SSSR count). The molecule has 0 bridgehead atoms. The summed E-state index contributed by atoms with van der Waals surface area (Å²) in [6.45, 7) is 3.02. The molecule has 0 unspecified atom stereocenters. The number of anilines is 1. The average molecular weight is 357 g/mol. The summed E-state index contributed by atoms with van der Waals surface area (Å²) < 4.78 is 29.2. The Morgan fingerprint density at radius 2 is 1.69 bits per heavy atom. The van der Waals surface area contributed by atoms with Crippen molar-refractivity contribution < 1.29 is 8.78 Å². The van der Waals surface area contributed by atoms with Gasteiger partial charge in [0.1, 0.15) is 23.8 Å². The maximum atomic E-state index is 13.8. The fraction of sp³-hybridized carbons (Fsp3) is 0.294. The zero-order valence-electron chi connectivity index (χ0n) is 14.0. The summed E-state index contributed by atoms with van der Waals surface area (Å²) >= 11 is 0. The lowest BCUT2D eigenvalue weighted by molar-refractivity contribution is 0.242. The molecule has 0 aliphatic carbocycles. The molecule has 0 aromatic carbocycles. The van der Waals surface area contributed by atoms with Gasteiger partial charge in [-0.05, 0) is 6.07 Å². The number of nitrogens with zero attached hydrogens (tertiary/aromatic N) is 7. The van der Waals surface area contributed by atoms with E-state index in [1.165, 1.54) is 6.33 Å². The molecule has 0 atom stereocenters. The Morgan fingerprint density at radius 1 is 0.962 bits per heavy atom. The van der Waals surface area contributed by atoms with Gasteiger partial charge in [0.25, 0.3) is 0 Å². The van der Waals surface area contributed by atoms with Gasteiger partial charge in [-0.25, -0.2) is 23.4 Å². The highest BCUT2D eigenvalue weighted by molar-refractivity contribution is 5.43. The Hall–Kier alpha value is -2.94. The van der Waals surface area contributed by atoms with E-state index in [1.807, 2.05) is 23.2 Å². The molecule has 1 aliphatic rings. The summed E-state index contributed by atoms with van der Waals surface area (Å²) in [4.78, 5) is 16.2. The van der Waals surface area contributed by atoms with Gasteiger partial charge in [-0.3, -0.25) is 9.88 Å². The van der Waals surface area contributed by atoms with Gasteiger partial charge in [0.2, 0.25) is 0 Å².